The van der Waals surface area contributed by atoms with Gasteiger partial charge in [-0.2, -0.15) is 0 Å². The van der Waals surface area contributed by atoms with Crippen molar-refractivity contribution in [2.24, 2.45) is 0 Å². The van der Waals surface area contributed by atoms with Gasteiger partial charge in [0, 0.05) is 0 Å². The first-order valence-corrected chi connectivity index (χ1v) is 7.10. The maximum atomic E-state index is 11.7. The Hall–Kier alpha value is -1.88. The molecule has 0 amide bonds. The third kappa shape index (κ3) is 2.09. The molecule has 0 atom stereocenters. The number of rotatable bonds is 3. The normalized spacial score (nSPS) is 11.6. The van der Waals surface area contributed by atoms with Gasteiger partial charge in [-0.15, -0.1) is 0 Å². The second-order valence-electron chi connectivity index (χ2n) is 3.90. The van der Waals surface area contributed by atoms with Crippen LogP contribution in [0.4, 0.5) is 0 Å². The summed E-state index contributed by atoms with van der Waals surface area (Å²) >= 11 is 0. The van der Waals surface area contributed by atoms with Gasteiger partial charge in [0.1, 0.15) is 0 Å². The van der Waals surface area contributed by atoms with E-state index in [9.17, 15) is 13.2 Å². The molecule has 0 spiro atoms. The zero-order chi connectivity index (χ0) is 13.3. The lowest BCUT2D eigenvalue weighted by molar-refractivity contribution is 0.0699. The standard InChI is InChI=1S/C13H12O4S/c1-2-18(16,17)10-6-7-11-9(8-10)4-3-5-12(11)13(14)15/h3-8H,2H2,1H3,(H,14,15). The molecule has 0 saturated heterocycles. The van der Waals surface area contributed by atoms with E-state index in [4.69, 9.17) is 5.11 Å². The molecule has 0 bridgehead atoms. The van der Waals surface area contributed by atoms with Crippen LogP contribution in [-0.2, 0) is 9.84 Å². The molecule has 0 fully saturated rings. The van der Waals surface area contributed by atoms with Crippen LogP contribution in [-0.4, -0.2) is 25.2 Å². The molecule has 18 heavy (non-hydrogen) atoms. The smallest absolute Gasteiger partial charge is 0.336 e. The molecule has 0 aromatic heterocycles. The van der Waals surface area contributed by atoms with Gasteiger partial charge in [-0.1, -0.05) is 25.1 Å². The van der Waals surface area contributed by atoms with E-state index in [1.54, 1.807) is 25.1 Å². The molecule has 0 heterocycles. The molecule has 0 unspecified atom stereocenters. The van der Waals surface area contributed by atoms with Crippen LogP contribution in [0.2, 0.25) is 0 Å². The fourth-order valence-electron chi connectivity index (χ4n) is 1.81. The summed E-state index contributed by atoms with van der Waals surface area (Å²) in [5.41, 5.74) is 0.174. The highest BCUT2D eigenvalue weighted by molar-refractivity contribution is 7.91. The molecule has 4 nitrogen and oxygen atoms in total. The average Bonchev–Trinajstić information content (AvgIpc) is 2.37. The van der Waals surface area contributed by atoms with Gasteiger partial charge in [0.15, 0.2) is 9.84 Å². The molecule has 94 valence electrons. The topological polar surface area (TPSA) is 71.4 Å². The first-order valence-electron chi connectivity index (χ1n) is 5.44. The summed E-state index contributed by atoms with van der Waals surface area (Å²) in [5.74, 6) is -0.997. The molecule has 0 radical (unpaired) electrons. The van der Waals surface area contributed by atoms with Crippen molar-refractivity contribution in [3.8, 4) is 0 Å². The molecule has 2 aromatic rings. The first kappa shape index (κ1) is 12.6. The molecular formula is C13H12O4S. The summed E-state index contributed by atoms with van der Waals surface area (Å²) in [6.45, 7) is 1.58. The maximum Gasteiger partial charge on any atom is 0.336 e. The van der Waals surface area contributed by atoms with Crippen LogP contribution in [0.1, 0.15) is 17.3 Å². The van der Waals surface area contributed by atoms with E-state index in [1.807, 2.05) is 0 Å². The van der Waals surface area contributed by atoms with Gasteiger partial charge in [0.25, 0.3) is 0 Å². The summed E-state index contributed by atoms with van der Waals surface area (Å²) in [6, 6.07) is 9.32. The summed E-state index contributed by atoms with van der Waals surface area (Å²) < 4.78 is 23.5. The van der Waals surface area contributed by atoms with E-state index < -0.39 is 15.8 Å². The van der Waals surface area contributed by atoms with E-state index in [0.29, 0.717) is 10.8 Å². The predicted octanol–water partition coefficient (Wildman–Crippen LogP) is 2.33. The SMILES string of the molecule is CCS(=O)(=O)c1ccc2c(C(=O)O)cccc2c1. The number of benzene rings is 2. The average molecular weight is 264 g/mol. The highest BCUT2D eigenvalue weighted by atomic mass is 32.2. The number of fused-ring (bicyclic) bond motifs is 1. The van der Waals surface area contributed by atoms with Crippen molar-refractivity contribution < 1.29 is 18.3 Å². The van der Waals surface area contributed by atoms with Gasteiger partial charge in [-0.3, -0.25) is 0 Å². The van der Waals surface area contributed by atoms with Crippen LogP contribution < -0.4 is 0 Å². The van der Waals surface area contributed by atoms with Gasteiger partial charge in [-0.25, -0.2) is 13.2 Å². The lowest BCUT2D eigenvalue weighted by Crippen LogP contribution is -2.04. The number of carboxylic acid groups (broad SMARTS) is 1. The van der Waals surface area contributed by atoms with Gasteiger partial charge in [0.05, 0.1) is 16.2 Å². The highest BCUT2D eigenvalue weighted by Gasteiger charge is 2.14. The number of carboxylic acids is 1. The van der Waals surface area contributed by atoms with E-state index in [2.05, 4.69) is 0 Å². The van der Waals surface area contributed by atoms with Gasteiger partial charge in [0.2, 0.25) is 0 Å². The van der Waals surface area contributed by atoms with Crippen LogP contribution in [0, 0.1) is 0 Å². The van der Waals surface area contributed by atoms with Crippen LogP contribution in [0.25, 0.3) is 10.8 Å². The van der Waals surface area contributed by atoms with Crippen molar-refractivity contribution in [3.63, 3.8) is 0 Å². The van der Waals surface area contributed by atoms with Gasteiger partial charge < -0.3 is 5.11 Å². The number of hydrogen-bond donors (Lipinski definition) is 1. The molecule has 2 aromatic carbocycles. The van der Waals surface area contributed by atoms with Crippen molar-refractivity contribution in [1.82, 2.24) is 0 Å². The zero-order valence-corrected chi connectivity index (χ0v) is 10.6. The van der Waals surface area contributed by atoms with E-state index in [1.165, 1.54) is 18.2 Å². The Balaban J connectivity index is 2.72. The molecule has 0 aliphatic heterocycles. The Labute approximate surface area is 105 Å². The van der Waals surface area contributed by atoms with Gasteiger partial charge in [-0.05, 0) is 29.0 Å². The molecule has 5 heteroatoms. The van der Waals surface area contributed by atoms with Crippen molar-refractivity contribution in [1.29, 1.82) is 0 Å². The first-order chi connectivity index (χ1) is 8.45. The molecule has 2 rings (SSSR count). The fourth-order valence-corrected chi connectivity index (χ4v) is 2.72. The van der Waals surface area contributed by atoms with Crippen molar-refractivity contribution in [2.45, 2.75) is 11.8 Å². The second-order valence-corrected chi connectivity index (χ2v) is 6.18. The minimum absolute atomic E-state index is 0.0249. The van der Waals surface area contributed by atoms with E-state index in [-0.39, 0.29) is 16.2 Å². The Morgan fingerprint density at radius 2 is 1.94 bits per heavy atom. The van der Waals surface area contributed by atoms with Crippen molar-refractivity contribution in [3.05, 3.63) is 42.0 Å². The summed E-state index contributed by atoms with van der Waals surface area (Å²) in [6.07, 6.45) is 0. The quantitative estimate of drug-likeness (QED) is 0.923. The molecular weight excluding hydrogens is 252 g/mol. The fraction of sp³-hybridized carbons (Fsp3) is 0.154. The third-order valence-corrected chi connectivity index (χ3v) is 4.55. The largest absolute Gasteiger partial charge is 0.478 e. The monoisotopic (exact) mass is 264 g/mol. The van der Waals surface area contributed by atoms with Crippen molar-refractivity contribution in [2.75, 3.05) is 5.75 Å². The lowest BCUT2D eigenvalue weighted by Gasteiger charge is -2.05. The lowest BCUT2D eigenvalue weighted by atomic mass is 10.1. The molecule has 1 N–H and O–H groups in total. The Bertz CT molecular complexity index is 717. The van der Waals surface area contributed by atoms with Crippen molar-refractivity contribution >= 4 is 26.6 Å². The summed E-state index contributed by atoms with van der Waals surface area (Å²) in [7, 11) is -3.27. The van der Waals surface area contributed by atoms with Crippen LogP contribution in [0.15, 0.2) is 41.3 Å². The van der Waals surface area contributed by atoms with Crippen LogP contribution in [0.5, 0.6) is 0 Å². The Morgan fingerprint density at radius 3 is 2.56 bits per heavy atom. The number of aromatic carboxylic acids is 1. The molecule has 0 aliphatic carbocycles. The third-order valence-electron chi connectivity index (χ3n) is 2.82. The highest BCUT2D eigenvalue weighted by Crippen LogP contribution is 2.23. The zero-order valence-electron chi connectivity index (χ0n) is 9.75. The van der Waals surface area contributed by atoms with Gasteiger partial charge >= 0.3 is 5.97 Å². The minimum atomic E-state index is -3.27. The predicted molar refractivity (Wildman–Crippen MR) is 68.6 cm³/mol. The number of hydrogen-bond acceptors (Lipinski definition) is 3. The Morgan fingerprint density at radius 1 is 1.22 bits per heavy atom. The second kappa shape index (κ2) is 4.42. The number of carbonyl (C=O) groups is 1. The summed E-state index contributed by atoms with van der Waals surface area (Å²) in [5, 5.41) is 10.2. The Kier molecular flexibility index (Phi) is 3.09. The number of sulfone groups is 1. The maximum absolute atomic E-state index is 11.7. The summed E-state index contributed by atoms with van der Waals surface area (Å²) in [4.78, 5) is 11.3. The van der Waals surface area contributed by atoms with Crippen LogP contribution in [0.3, 0.4) is 0 Å². The molecule has 0 saturated carbocycles. The minimum Gasteiger partial charge on any atom is -0.478 e. The van der Waals surface area contributed by atoms with E-state index in [0.717, 1.165) is 0 Å². The molecule has 0 aliphatic rings. The van der Waals surface area contributed by atoms with Crippen LogP contribution >= 0.6 is 0 Å². The van der Waals surface area contributed by atoms with E-state index >= 15 is 0 Å².